The van der Waals surface area contributed by atoms with E-state index < -0.39 is 27.4 Å². The van der Waals surface area contributed by atoms with Gasteiger partial charge in [-0.3, -0.25) is 0 Å². The Kier molecular flexibility index (Phi) is 5.19. The third kappa shape index (κ3) is 4.95. The van der Waals surface area contributed by atoms with Crippen molar-refractivity contribution in [2.75, 3.05) is 9.80 Å². The van der Waals surface area contributed by atoms with Gasteiger partial charge in [-0.05, 0) is 112 Å². The summed E-state index contributed by atoms with van der Waals surface area (Å²) in [4.78, 5) is 4.03. The maximum Gasteiger partial charge on any atom is 0.0620 e. The van der Waals surface area contributed by atoms with E-state index in [2.05, 4.69) is 81.6 Å². The molecule has 0 fully saturated rings. The van der Waals surface area contributed by atoms with E-state index in [9.17, 15) is 0 Å². The van der Waals surface area contributed by atoms with Crippen LogP contribution in [0.1, 0.15) is 38.7 Å². The zero-order valence-electron chi connectivity index (χ0n) is 45.1. The van der Waals surface area contributed by atoms with Crippen LogP contribution in [-0.4, -0.2) is 8.80 Å². The number of fused-ring (bicyclic) bond motifs is 12. The van der Waals surface area contributed by atoms with Crippen molar-refractivity contribution in [3.05, 3.63) is 204 Å². The Hall–Kier alpha value is -7.82. The van der Waals surface area contributed by atoms with E-state index in [1.807, 2.05) is 21.9 Å². The molecule has 4 aromatic heterocycles. The summed E-state index contributed by atoms with van der Waals surface area (Å²) in [6, 6.07) is 57.2. The highest BCUT2D eigenvalue weighted by molar-refractivity contribution is 6.29. The smallest absolute Gasteiger partial charge is 0.0620 e. The lowest BCUT2D eigenvalue weighted by molar-refractivity contribution is 1.27. The normalized spacial score (nSPS) is 15.9. The predicted molar refractivity (Wildman–Crippen MR) is 264 cm³/mol. The van der Waals surface area contributed by atoms with Crippen LogP contribution in [0.2, 0.25) is 0 Å². The van der Waals surface area contributed by atoms with Crippen molar-refractivity contribution in [1.82, 2.24) is 8.80 Å². The Balaban J connectivity index is 1.02. The number of aryl methyl sites for hydroxylation is 4. The van der Waals surface area contributed by atoms with E-state index in [0.717, 1.165) is 87.6 Å². The average molecular weight is 807 g/mol. The predicted octanol–water partition coefficient (Wildman–Crippen LogP) is 16.2. The van der Waals surface area contributed by atoms with Gasteiger partial charge in [0, 0.05) is 93.7 Å². The first-order valence-corrected chi connectivity index (χ1v) is 20.6. The molecule has 0 saturated carbocycles. The van der Waals surface area contributed by atoms with Crippen molar-refractivity contribution in [2.24, 2.45) is 0 Å². The van der Waals surface area contributed by atoms with Crippen LogP contribution in [0.15, 0.2) is 182 Å². The summed E-state index contributed by atoms with van der Waals surface area (Å²) in [5.74, 6) is 0. The van der Waals surface area contributed by atoms with Crippen LogP contribution in [0.5, 0.6) is 0 Å². The molecule has 4 heterocycles. The van der Waals surface area contributed by atoms with Gasteiger partial charge in [0.25, 0.3) is 0 Å². The zero-order valence-corrected chi connectivity index (χ0v) is 33.1. The first-order valence-electron chi connectivity index (χ1n) is 26.6. The third-order valence-corrected chi connectivity index (χ3v) is 12.7. The fourth-order valence-electron chi connectivity index (χ4n) is 10.0. The number of para-hydroxylation sites is 2. The second-order valence-electron chi connectivity index (χ2n) is 16.2. The largest absolute Gasteiger partial charge is 0.310 e. The highest BCUT2D eigenvalue weighted by Gasteiger charge is 2.24. The molecule has 4 nitrogen and oxygen atoms in total. The van der Waals surface area contributed by atoms with Gasteiger partial charge in [-0.15, -0.1) is 0 Å². The molecule has 0 atom stereocenters. The summed E-state index contributed by atoms with van der Waals surface area (Å²) < 4.78 is 101. The van der Waals surface area contributed by atoms with Gasteiger partial charge in [0.1, 0.15) is 0 Å². The van der Waals surface area contributed by atoms with Gasteiger partial charge in [0.2, 0.25) is 0 Å². The molecule has 0 aliphatic carbocycles. The lowest BCUT2D eigenvalue weighted by Gasteiger charge is -2.26. The molecule has 0 unspecified atom stereocenters. The highest BCUT2D eigenvalue weighted by atomic mass is 15.1. The average Bonchev–Trinajstić information content (AvgIpc) is 4.09. The Morgan fingerprint density at radius 3 is 0.903 bits per heavy atom. The van der Waals surface area contributed by atoms with E-state index in [4.69, 9.17) is 16.4 Å². The van der Waals surface area contributed by atoms with Crippen molar-refractivity contribution in [2.45, 2.75) is 27.4 Å². The summed E-state index contributed by atoms with van der Waals surface area (Å²) >= 11 is 0. The number of nitrogens with zero attached hydrogens (tertiary/aromatic N) is 4. The van der Waals surface area contributed by atoms with E-state index >= 15 is 0 Å². The molecular formula is C58H42N4. The van der Waals surface area contributed by atoms with Gasteiger partial charge in [-0.1, -0.05) is 119 Å². The molecule has 13 aromatic rings. The van der Waals surface area contributed by atoms with Crippen LogP contribution in [0, 0.1) is 27.4 Å². The number of hydrogen-bond donors (Lipinski definition) is 0. The summed E-state index contributed by atoms with van der Waals surface area (Å²) in [6.07, 6.45) is 0. The zero-order chi connectivity index (χ0) is 51.4. The summed E-state index contributed by atoms with van der Waals surface area (Å²) in [5, 5.41) is 8.62. The molecule has 294 valence electrons. The van der Waals surface area contributed by atoms with E-state index in [1.165, 1.54) is 0 Å². The van der Waals surface area contributed by atoms with Crippen molar-refractivity contribution < 1.29 is 16.4 Å². The number of hydrogen-bond acceptors (Lipinski definition) is 2. The van der Waals surface area contributed by atoms with Crippen molar-refractivity contribution in [3.63, 3.8) is 0 Å². The molecule has 0 aliphatic heterocycles. The molecular weight excluding hydrogens is 753 g/mol. The highest BCUT2D eigenvalue weighted by Crippen LogP contribution is 2.47. The second-order valence-corrected chi connectivity index (χ2v) is 16.2. The number of aromatic nitrogens is 2. The van der Waals surface area contributed by atoms with Crippen molar-refractivity contribution in [3.8, 4) is 0 Å². The van der Waals surface area contributed by atoms with E-state index in [1.54, 1.807) is 97.1 Å². The van der Waals surface area contributed by atoms with E-state index in [-0.39, 0.29) is 22.3 Å². The minimum atomic E-state index is -2.28. The fourth-order valence-corrected chi connectivity index (χ4v) is 10.0. The minimum Gasteiger partial charge on any atom is -0.310 e. The van der Waals surface area contributed by atoms with Crippen LogP contribution in [0.25, 0.3) is 76.2 Å². The van der Waals surface area contributed by atoms with Crippen molar-refractivity contribution in [1.29, 1.82) is 0 Å². The lowest BCUT2D eigenvalue weighted by atomic mass is 10.0. The number of anilines is 6. The van der Waals surface area contributed by atoms with E-state index in [0.29, 0.717) is 22.7 Å². The molecule has 62 heavy (non-hydrogen) atoms. The number of rotatable bonds is 6. The van der Waals surface area contributed by atoms with Gasteiger partial charge >= 0.3 is 0 Å². The Bertz CT molecular complexity index is 3940. The Labute approximate surface area is 376 Å². The Morgan fingerprint density at radius 2 is 0.581 bits per heavy atom. The first-order chi connectivity index (χ1) is 35.2. The SMILES string of the molecule is [2H]C([2H])([2H])c1ccc(N(c2ccc(C([2H])([2H])[2H])cc2)c2ccc3c4cccc5c6cc7c(cc6n(c3c2)c45)c2cccc3c4ccc(N(c5ccc(C([2H])([2H])[2H])cc5)c5ccc(C([2H])([2H])[2H])cc5)cc4n7c32)cc1. The standard InChI is InChI=1S/C58H42N4/c1-35-11-19-39(20-12-35)59(40-21-13-36(2)14-22-40)43-27-29-45-47-7-5-9-49-51-34-56-52(33-55(51)61(57(47)49)53(45)31-43)50-10-6-8-48-46-30-28-44(32-54(46)62(56)58(48)50)60(41-23-15-37(3)16-24-41)42-25-17-38(4)18-26-42/h5-34H,1-4H3/i1D3,2D3,3D3,4D3. The first kappa shape index (κ1) is 25.1. The van der Waals surface area contributed by atoms with Crippen LogP contribution >= 0.6 is 0 Å². The molecule has 13 rings (SSSR count). The van der Waals surface area contributed by atoms with Crippen molar-refractivity contribution >= 4 is 110 Å². The molecule has 0 bridgehead atoms. The molecule has 0 saturated heterocycles. The summed E-state index contributed by atoms with van der Waals surface area (Å²) in [7, 11) is 0. The van der Waals surface area contributed by atoms with Gasteiger partial charge in [-0.25, -0.2) is 0 Å². The van der Waals surface area contributed by atoms with Crippen LogP contribution in [0.4, 0.5) is 34.1 Å². The fraction of sp³-hybridized carbons (Fsp3) is 0.0690. The summed E-state index contributed by atoms with van der Waals surface area (Å²) in [6.45, 7) is -9.13. The topological polar surface area (TPSA) is 15.3 Å². The molecule has 0 radical (unpaired) electrons. The van der Waals surface area contributed by atoms with Gasteiger partial charge in [-0.2, -0.15) is 0 Å². The maximum atomic E-state index is 8.01. The van der Waals surface area contributed by atoms with Crippen LogP contribution in [0.3, 0.4) is 0 Å². The quantitative estimate of drug-likeness (QED) is 0.166. The molecule has 0 spiro atoms. The number of benzene rings is 9. The molecule has 4 heteroatoms. The lowest BCUT2D eigenvalue weighted by Crippen LogP contribution is -2.10. The van der Waals surface area contributed by atoms with Gasteiger partial charge in [0.05, 0.1) is 33.1 Å². The van der Waals surface area contributed by atoms with Crippen LogP contribution in [-0.2, 0) is 0 Å². The molecule has 9 aromatic carbocycles. The minimum absolute atomic E-state index is 0.218. The van der Waals surface area contributed by atoms with Gasteiger partial charge < -0.3 is 18.6 Å². The Morgan fingerprint density at radius 1 is 0.290 bits per heavy atom. The van der Waals surface area contributed by atoms with Crippen LogP contribution < -0.4 is 9.80 Å². The van der Waals surface area contributed by atoms with Gasteiger partial charge in [0.15, 0.2) is 0 Å². The maximum absolute atomic E-state index is 8.01. The third-order valence-electron chi connectivity index (χ3n) is 12.7. The molecule has 0 amide bonds. The second kappa shape index (κ2) is 12.8. The summed E-state index contributed by atoms with van der Waals surface area (Å²) in [5.41, 5.74) is 11.5. The molecule has 0 N–H and O–H groups in total. The monoisotopic (exact) mass is 806 g/mol. The molecule has 0 aliphatic rings.